The van der Waals surface area contributed by atoms with Crippen molar-refractivity contribution in [1.29, 1.82) is 0 Å². The lowest BCUT2D eigenvalue weighted by Gasteiger charge is -2.05. The number of nitrogen functional groups attached to an aromatic ring is 1. The highest BCUT2D eigenvalue weighted by Crippen LogP contribution is 2.23. The zero-order chi connectivity index (χ0) is 10.8. The Morgan fingerprint density at radius 2 is 2.20 bits per heavy atom. The second-order valence-corrected chi connectivity index (χ2v) is 2.99. The van der Waals surface area contributed by atoms with Crippen LogP contribution < -0.4 is 10.5 Å². The van der Waals surface area contributed by atoms with E-state index in [1.54, 1.807) is 18.2 Å². The van der Waals surface area contributed by atoms with Crippen LogP contribution in [0.25, 0.3) is 0 Å². The molecule has 0 bridgehead atoms. The summed E-state index contributed by atoms with van der Waals surface area (Å²) in [6.45, 7) is 0. The van der Waals surface area contributed by atoms with Gasteiger partial charge in [0.05, 0.1) is 19.0 Å². The SMILES string of the molecule is COc1cc(C2=NC(=O)C=N2)ccc1N. The number of nitrogens with zero attached hydrogens (tertiary/aromatic N) is 2. The fourth-order valence-corrected chi connectivity index (χ4v) is 1.27. The van der Waals surface area contributed by atoms with E-state index < -0.39 is 0 Å². The molecule has 0 aromatic heterocycles. The highest BCUT2D eigenvalue weighted by molar-refractivity contribution is 6.36. The van der Waals surface area contributed by atoms with E-state index in [4.69, 9.17) is 10.5 Å². The first-order valence-electron chi connectivity index (χ1n) is 4.31. The first kappa shape index (κ1) is 9.39. The molecular formula is C10H9N3O2. The van der Waals surface area contributed by atoms with Crippen LogP contribution in [-0.4, -0.2) is 25.1 Å². The van der Waals surface area contributed by atoms with E-state index in [9.17, 15) is 4.79 Å². The molecule has 15 heavy (non-hydrogen) atoms. The molecule has 1 aliphatic heterocycles. The van der Waals surface area contributed by atoms with Crippen molar-refractivity contribution in [3.8, 4) is 5.75 Å². The number of methoxy groups -OCH3 is 1. The summed E-state index contributed by atoms with van der Waals surface area (Å²) in [6.07, 6.45) is 1.18. The van der Waals surface area contributed by atoms with E-state index >= 15 is 0 Å². The number of benzene rings is 1. The first-order valence-corrected chi connectivity index (χ1v) is 4.31. The maximum atomic E-state index is 10.9. The number of hydrogen-bond acceptors (Lipinski definition) is 4. The van der Waals surface area contributed by atoms with Crippen molar-refractivity contribution in [1.82, 2.24) is 0 Å². The molecule has 0 fully saturated rings. The van der Waals surface area contributed by atoms with Gasteiger partial charge in [-0.15, -0.1) is 0 Å². The predicted octanol–water partition coefficient (Wildman–Crippen LogP) is 0.635. The molecule has 76 valence electrons. The summed E-state index contributed by atoms with van der Waals surface area (Å²) in [5, 5.41) is 0. The summed E-state index contributed by atoms with van der Waals surface area (Å²) in [4.78, 5) is 18.4. The van der Waals surface area contributed by atoms with Gasteiger partial charge in [0.25, 0.3) is 5.91 Å². The number of aliphatic imine (C=N–C) groups is 2. The Morgan fingerprint density at radius 1 is 1.40 bits per heavy atom. The van der Waals surface area contributed by atoms with E-state index in [1.807, 2.05) is 0 Å². The molecule has 0 saturated heterocycles. The summed E-state index contributed by atoms with van der Waals surface area (Å²) in [7, 11) is 1.53. The number of amides is 1. The van der Waals surface area contributed by atoms with Crippen molar-refractivity contribution in [2.45, 2.75) is 0 Å². The van der Waals surface area contributed by atoms with Crippen LogP contribution in [0.1, 0.15) is 5.56 Å². The predicted molar refractivity (Wildman–Crippen MR) is 57.4 cm³/mol. The van der Waals surface area contributed by atoms with E-state index in [2.05, 4.69) is 9.98 Å². The van der Waals surface area contributed by atoms with Crippen LogP contribution >= 0.6 is 0 Å². The van der Waals surface area contributed by atoms with E-state index in [0.717, 1.165) is 0 Å². The molecule has 5 heteroatoms. The van der Waals surface area contributed by atoms with Gasteiger partial charge < -0.3 is 10.5 Å². The molecule has 0 aliphatic carbocycles. The second-order valence-electron chi connectivity index (χ2n) is 2.99. The van der Waals surface area contributed by atoms with Gasteiger partial charge in [-0.1, -0.05) is 0 Å². The van der Waals surface area contributed by atoms with E-state index in [-0.39, 0.29) is 5.91 Å². The lowest BCUT2D eigenvalue weighted by Crippen LogP contribution is -1.98. The van der Waals surface area contributed by atoms with Gasteiger partial charge in [-0.25, -0.2) is 4.99 Å². The van der Waals surface area contributed by atoms with Crippen molar-refractivity contribution in [2.24, 2.45) is 9.98 Å². The van der Waals surface area contributed by atoms with Crippen molar-refractivity contribution >= 4 is 23.6 Å². The number of rotatable bonds is 2. The Bertz CT molecular complexity index is 478. The second kappa shape index (κ2) is 3.53. The molecule has 2 N–H and O–H groups in total. The van der Waals surface area contributed by atoms with Gasteiger partial charge in [0.2, 0.25) is 0 Å². The molecule has 0 saturated carbocycles. The molecule has 5 nitrogen and oxygen atoms in total. The molecule has 1 amide bonds. The van der Waals surface area contributed by atoms with Crippen molar-refractivity contribution in [2.75, 3.05) is 12.8 Å². The summed E-state index contributed by atoms with van der Waals surface area (Å²) >= 11 is 0. The lowest BCUT2D eigenvalue weighted by atomic mass is 10.2. The molecule has 0 spiro atoms. The number of nitrogens with two attached hydrogens (primary N) is 1. The number of ether oxygens (including phenoxy) is 1. The fraction of sp³-hybridized carbons (Fsp3) is 0.100. The maximum absolute atomic E-state index is 10.9. The van der Waals surface area contributed by atoms with Crippen LogP contribution in [0, 0.1) is 0 Å². The number of carbonyl (C=O) groups excluding carboxylic acids is 1. The summed E-state index contributed by atoms with van der Waals surface area (Å²) in [6, 6.07) is 5.13. The van der Waals surface area contributed by atoms with Gasteiger partial charge >= 0.3 is 0 Å². The third-order valence-corrected chi connectivity index (χ3v) is 2.01. The zero-order valence-corrected chi connectivity index (χ0v) is 8.10. The normalized spacial score (nSPS) is 14.2. The van der Waals surface area contributed by atoms with Crippen molar-refractivity contribution in [3.05, 3.63) is 23.8 Å². The molecule has 0 atom stereocenters. The highest BCUT2D eigenvalue weighted by Gasteiger charge is 2.12. The molecule has 0 radical (unpaired) electrons. The van der Waals surface area contributed by atoms with Crippen LogP contribution in [0.4, 0.5) is 5.69 Å². The molecule has 1 aliphatic rings. The summed E-state index contributed by atoms with van der Waals surface area (Å²) < 4.78 is 5.06. The Hall–Kier alpha value is -2.17. The van der Waals surface area contributed by atoms with Crippen LogP contribution in [0.2, 0.25) is 0 Å². The molecular weight excluding hydrogens is 194 g/mol. The van der Waals surface area contributed by atoms with Gasteiger partial charge in [0.1, 0.15) is 5.75 Å². The van der Waals surface area contributed by atoms with Gasteiger partial charge in [-0.3, -0.25) is 4.79 Å². The van der Waals surface area contributed by atoms with Crippen LogP contribution in [-0.2, 0) is 4.79 Å². The molecule has 1 aromatic carbocycles. The molecule has 1 heterocycles. The Kier molecular flexibility index (Phi) is 2.21. The van der Waals surface area contributed by atoms with E-state index in [0.29, 0.717) is 22.8 Å². The quantitative estimate of drug-likeness (QED) is 0.716. The molecule has 2 rings (SSSR count). The van der Waals surface area contributed by atoms with Crippen LogP contribution in [0.15, 0.2) is 28.2 Å². The standard InChI is InChI=1S/C10H9N3O2/c1-15-8-4-6(2-3-7(8)11)10-12-5-9(14)13-10/h2-5H,11H2,1H3. The lowest BCUT2D eigenvalue weighted by molar-refractivity contribution is -0.111. The highest BCUT2D eigenvalue weighted by atomic mass is 16.5. The third-order valence-electron chi connectivity index (χ3n) is 2.01. The van der Waals surface area contributed by atoms with Gasteiger partial charge in [0, 0.05) is 5.56 Å². The van der Waals surface area contributed by atoms with Gasteiger partial charge in [-0.05, 0) is 18.2 Å². The Balaban J connectivity index is 2.42. The van der Waals surface area contributed by atoms with Gasteiger partial charge in [0.15, 0.2) is 5.84 Å². The smallest absolute Gasteiger partial charge is 0.290 e. The summed E-state index contributed by atoms with van der Waals surface area (Å²) in [5.41, 5.74) is 6.90. The topological polar surface area (TPSA) is 77.0 Å². The van der Waals surface area contributed by atoms with Crippen molar-refractivity contribution in [3.63, 3.8) is 0 Å². The minimum absolute atomic E-state index is 0.346. The number of carbonyl (C=O) groups is 1. The minimum Gasteiger partial charge on any atom is -0.495 e. The van der Waals surface area contributed by atoms with E-state index in [1.165, 1.54) is 13.3 Å². The maximum Gasteiger partial charge on any atom is 0.290 e. The average molecular weight is 203 g/mol. The molecule has 0 unspecified atom stereocenters. The number of anilines is 1. The number of amidine groups is 1. The summed E-state index contributed by atoms with van der Waals surface area (Å²) in [5.74, 6) is 0.587. The Morgan fingerprint density at radius 3 is 2.80 bits per heavy atom. The third kappa shape index (κ3) is 1.71. The number of hydrogen-bond donors (Lipinski definition) is 1. The van der Waals surface area contributed by atoms with Crippen LogP contribution in [0.3, 0.4) is 0 Å². The van der Waals surface area contributed by atoms with Crippen molar-refractivity contribution < 1.29 is 9.53 Å². The molecule has 1 aromatic rings. The van der Waals surface area contributed by atoms with Gasteiger partial charge in [-0.2, -0.15) is 4.99 Å². The largest absolute Gasteiger partial charge is 0.495 e. The Labute approximate surface area is 86.3 Å². The zero-order valence-electron chi connectivity index (χ0n) is 8.10. The first-order chi connectivity index (χ1) is 7.20. The van der Waals surface area contributed by atoms with Crippen LogP contribution in [0.5, 0.6) is 5.75 Å². The minimum atomic E-state index is -0.346. The average Bonchev–Trinajstić information content (AvgIpc) is 2.66. The monoisotopic (exact) mass is 203 g/mol. The fourth-order valence-electron chi connectivity index (χ4n) is 1.27.